The number of methoxy groups -OCH3 is 3. The fourth-order valence-corrected chi connectivity index (χ4v) is 4.15. The summed E-state index contributed by atoms with van der Waals surface area (Å²) in [5.74, 6) is 1.41. The van der Waals surface area contributed by atoms with Gasteiger partial charge in [-0.3, -0.25) is 4.79 Å². The van der Waals surface area contributed by atoms with Crippen LogP contribution in [-0.2, 0) is 11.2 Å². The maximum atomic E-state index is 12.5. The summed E-state index contributed by atoms with van der Waals surface area (Å²) in [7, 11) is 4.60. The largest absolute Gasteiger partial charge is 0.493 e. The van der Waals surface area contributed by atoms with Crippen LogP contribution in [0.4, 0.5) is 13.9 Å². The zero-order valence-corrected chi connectivity index (χ0v) is 19.4. The van der Waals surface area contributed by atoms with Crippen molar-refractivity contribution in [2.45, 2.75) is 26.4 Å². The van der Waals surface area contributed by atoms with Gasteiger partial charge in [0.2, 0.25) is 11.7 Å². The van der Waals surface area contributed by atoms with Crippen LogP contribution in [0.1, 0.15) is 16.9 Å². The van der Waals surface area contributed by atoms with Gasteiger partial charge in [0.1, 0.15) is 5.75 Å². The standard InChI is InChI=1S/C23H24F2N2O5S/c1-13-19(14-5-9-16(10-6-14)32-22(24)25)27-23(33-13)26-18(28)12-8-15-7-11-17(29-2)21(31-4)20(15)30-3/h5-7,9-11,22H,8,12H2,1-4H3,(H,26,27,28). The molecule has 1 amide bonds. The molecule has 10 heteroatoms. The van der Waals surface area contributed by atoms with Crippen LogP contribution in [0.25, 0.3) is 11.3 Å². The fraction of sp³-hybridized carbons (Fsp3) is 0.304. The fourth-order valence-electron chi connectivity index (χ4n) is 3.30. The number of anilines is 1. The van der Waals surface area contributed by atoms with E-state index >= 15 is 0 Å². The number of alkyl halides is 2. The molecule has 0 unspecified atom stereocenters. The first-order valence-corrected chi connectivity index (χ1v) is 10.8. The number of carbonyl (C=O) groups excluding carboxylic acids is 1. The minimum Gasteiger partial charge on any atom is -0.493 e. The summed E-state index contributed by atoms with van der Waals surface area (Å²) in [6.45, 7) is -1.00. The maximum absolute atomic E-state index is 12.5. The van der Waals surface area contributed by atoms with Crippen molar-refractivity contribution < 1.29 is 32.5 Å². The van der Waals surface area contributed by atoms with E-state index in [-0.39, 0.29) is 18.1 Å². The summed E-state index contributed by atoms with van der Waals surface area (Å²) in [6, 6.07) is 9.80. The van der Waals surface area contributed by atoms with E-state index in [0.717, 1.165) is 16.0 Å². The second-order valence-electron chi connectivity index (χ2n) is 6.87. The molecule has 0 bridgehead atoms. The van der Waals surface area contributed by atoms with Crippen molar-refractivity contribution in [2.24, 2.45) is 0 Å². The third-order valence-electron chi connectivity index (χ3n) is 4.80. The zero-order valence-electron chi connectivity index (χ0n) is 18.6. The zero-order chi connectivity index (χ0) is 24.0. The first kappa shape index (κ1) is 24.2. The van der Waals surface area contributed by atoms with Gasteiger partial charge in [-0.1, -0.05) is 6.07 Å². The molecule has 0 aliphatic carbocycles. The van der Waals surface area contributed by atoms with E-state index in [1.807, 2.05) is 13.0 Å². The number of hydrogen-bond acceptors (Lipinski definition) is 7. The molecule has 0 saturated heterocycles. The Morgan fingerprint density at radius 1 is 1.03 bits per heavy atom. The monoisotopic (exact) mass is 478 g/mol. The van der Waals surface area contributed by atoms with Gasteiger partial charge in [0.05, 0.1) is 27.0 Å². The summed E-state index contributed by atoms with van der Waals surface area (Å²) in [5, 5.41) is 3.28. The Kier molecular flexibility index (Phi) is 8.05. The number of aromatic nitrogens is 1. The van der Waals surface area contributed by atoms with E-state index in [0.29, 0.717) is 34.5 Å². The quantitative estimate of drug-likeness (QED) is 0.425. The Bertz CT molecular complexity index is 1100. The van der Waals surface area contributed by atoms with Gasteiger partial charge < -0.3 is 24.3 Å². The topological polar surface area (TPSA) is 78.9 Å². The minimum absolute atomic E-state index is 0.0701. The lowest BCUT2D eigenvalue weighted by molar-refractivity contribution is -0.116. The highest BCUT2D eigenvalue weighted by Gasteiger charge is 2.17. The Morgan fingerprint density at radius 2 is 1.73 bits per heavy atom. The molecule has 3 aromatic rings. The van der Waals surface area contributed by atoms with E-state index in [2.05, 4.69) is 15.0 Å². The van der Waals surface area contributed by atoms with Crippen molar-refractivity contribution in [3.63, 3.8) is 0 Å². The number of halogens is 2. The normalized spacial score (nSPS) is 10.8. The van der Waals surface area contributed by atoms with Gasteiger partial charge in [0.15, 0.2) is 16.6 Å². The summed E-state index contributed by atoms with van der Waals surface area (Å²) < 4.78 is 45.1. The van der Waals surface area contributed by atoms with Gasteiger partial charge in [0, 0.05) is 16.9 Å². The van der Waals surface area contributed by atoms with Crippen LogP contribution in [0, 0.1) is 6.92 Å². The molecule has 1 aromatic heterocycles. The van der Waals surface area contributed by atoms with E-state index in [1.54, 1.807) is 25.3 Å². The highest BCUT2D eigenvalue weighted by atomic mass is 32.1. The minimum atomic E-state index is -2.88. The Balaban J connectivity index is 1.66. The van der Waals surface area contributed by atoms with Gasteiger partial charge in [0.25, 0.3) is 0 Å². The molecule has 176 valence electrons. The number of nitrogens with zero attached hydrogens (tertiary/aromatic N) is 1. The predicted molar refractivity (Wildman–Crippen MR) is 122 cm³/mol. The molecule has 3 rings (SSSR count). The molecule has 1 heterocycles. The molecule has 0 aliphatic heterocycles. The van der Waals surface area contributed by atoms with Gasteiger partial charge in [-0.2, -0.15) is 8.78 Å². The molecule has 0 atom stereocenters. The summed E-state index contributed by atoms with van der Waals surface area (Å²) in [5.41, 5.74) is 2.22. The second-order valence-corrected chi connectivity index (χ2v) is 8.07. The van der Waals surface area contributed by atoms with E-state index in [4.69, 9.17) is 14.2 Å². The Morgan fingerprint density at radius 3 is 2.33 bits per heavy atom. The number of nitrogens with one attached hydrogen (secondary N) is 1. The summed E-state index contributed by atoms with van der Waals surface area (Å²) in [4.78, 5) is 17.9. The summed E-state index contributed by atoms with van der Waals surface area (Å²) in [6.07, 6.45) is 0.637. The smallest absolute Gasteiger partial charge is 0.387 e. The lowest BCUT2D eigenvalue weighted by Gasteiger charge is -2.15. The molecule has 0 spiro atoms. The van der Waals surface area contributed by atoms with Crippen molar-refractivity contribution >= 4 is 22.4 Å². The van der Waals surface area contributed by atoms with E-state index < -0.39 is 6.61 Å². The van der Waals surface area contributed by atoms with Crippen molar-refractivity contribution in [3.05, 3.63) is 46.8 Å². The molecule has 0 fully saturated rings. The van der Waals surface area contributed by atoms with Gasteiger partial charge >= 0.3 is 6.61 Å². The van der Waals surface area contributed by atoms with Crippen LogP contribution < -0.4 is 24.3 Å². The molecular weight excluding hydrogens is 454 g/mol. The maximum Gasteiger partial charge on any atom is 0.387 e. The predicted octanol–water partition coefficient (Wildman–Crippen LogP) is 5.32. The summed E-state index contributed by atoms with van der Waals surface area (Å²) >= 11 is 1.34. The highest BCUT2D eigenvalue weighted by Crippen LogP contribution is 2.40. The number of benzene rings is 2. The molecule has 2 aromatic carbocycles. The van der Waals surface area contributed by atoms with Crippen LogP contribution in [0.3, 0.4) is 0 Å². The van der Waals surface area contributed by atoms with Gasteiger partial charge in [-0.15, -0.1) is 11.3 Å². The van der Waals surface area contributed by atoms with Crippen molar-refractivity contribution in [2.75, 3.05) is 26.6 Å². The Labute approximate surface area is 194 Å². The van der Waals surface area contributed by atoms with Crippen molar-refractivity contribution in [3.8, 4) is 34.3 Å². The molecule has 1 N–H and O–H groups in total. The lowest BCUT2D eigenvalue weighted by atomic mass is 10.1. The number of hydrogen-bond donors (Lipinski definition) is 1. The molecule has 0 saturated carbocycles. The first-order chi connectivity index (χ1) is 15.9. The molecule has 33 heavy (non-hydrogen) atoms. The molecule has 0 aliphatic rings. The third kappa shape index (κ3) is 5.89. The Hall–Kier alpha value is -3.40. The SMILES string of the molecule is COc1ccc(CCC(=O)Nc2nc(-c3ccc(OC(F)F)cc3)c(C)s2)c(OC)c1OC. The van der Waals surface area contributed by atoms with Crippen molar-refractivity contribution in [1.82, 2.24) is 4.98 Å². The van der Waals surface area contributed by atoms with Crippen LogP contribution >= 0.6 is 11.3 Å². The van der Waals surface area contributed by atoms with Gasteiger partial charge in [-0.05, 0) is 49.2 Å². The van der Waals surface area contributed by atoms with Crippen LogP contribution in [-0.4, -0.2) is 38.8 Å². The average Bonchev–Trinajstić information content (AvgIpc) is 3.16. The number of amides is 1. The van der Waals surface area contributed by atoms with Crippen LogP contribution in [0.5, 0.6) is 23.0 Å². The molecule has 7 nitrogen and oxygen atoms in total. The number of thiazole rings is 1. The lowest BCUT2D eigenvalue weighted by Crippen LogP contribution is -2.12. The molecule has 0 radical (unpaired) electrons. The first-order valence-electron chi connectivity index (χ1n) is 9.96. The molecular formula is C23H24F2N2O5S. The highest BCUT2D eigenvalue weighted by molar-refractivity contribution is 7.16. The third-order valence-corrected chi connectivity index (χ3v) is 5.69. The van der Waals surface area contributed by atoms with Crippen LogP contribution in [0.2, 0.25) is 0 Å². The number of rotatable bonds is 10. The number of carbonyl (C=O) groups is 1. The van der Waals surface area contributed by atoms with E-state index in [9.17, 15) is 13.6 Å². The van der Waals surface area contributed by atoms with Crippen molar-refractivity contribution in [1.29, 1.82) is 0 Å². The van der Waals surface area contributed by atoms with Crippen LogP contribution in [0.15, 0.2) is 36.4 Å². The average molecular weight is 479 g/mol. The van der Waals surface area contributed by atoms with Gasteiger partial charge in [-0.25, -0.2) is 4.98 Å². The second kappa shape index (κ2) is 11.0. The van der Waals surface area contributed by atoms with E-state index in [1.165, 1.54) is 37.7 Å². The number of ether oxygens (including phenoxy) is 4. The number of aryl methyl sites for hydroxylation is 2.